The van der Waals surface area contributed by atoms with Crippen molar-refractivity contribution in [2.75, 3.05) is 9.80 Å². The fourth-order valence-electron chi connectivity index (χ4n) is 13.0. The van der Waals surface area contributed by atoms with E-state index in [0.29, 0.717) is 0 Å². The zero-order valence-electron chi connectivity index (χ0n) is 49.6. The highest BCUT2D eigenvalue weighted by molar-refractivity contribution is 7.99. The van der Waals surface area contributed by atoms with Gasteiger partial charge in [0.15, 0.2) is 5.58 Å². The maximum Gasteiger partial charge on any atom is 0.160 e. The highest BCUT2D eigenvalue weighted by Crippen LogP contribution is 2.65. The van der Waals surface area contributed by atoms with Crippen LogP contribution in [0.5, 0.6) is 0 Å². The average molecular weight is 1130 g/mol. The quantitative estimate of drug-likeness (QED) is 0.136. The first kappa shape index (κ1) is 53.9. The lowest BCUT2D eigenvalue weighted by Gasteiger charge is -2.36. The molecule has 0 saturated carbocycles. The lowest BCUT2D eigenvalue weighted by Crippen LogP contribution is -2.29. The number of anilines is 6. The average Bonchev–Trinajstić information content (AvgIpc) is 1.52. The van der Waals surface area contributed by atoms with Crippen molar-refractivity contribution in [3.63, 3.8) is 0 Å². The molecule has 0 amide bonds. The van der Waals surface area contributed by atoms with E-state index in [-0.39, 0.29) is 22.1 Å². The second-order valence-corrected chi connectivity index (χ2v) is 27.0. The van der Waals surface area contributed by atoms with Crippen LogP contribution in [0.2, 0.25) is 0 Å². The molecule has 0 aliphatic heterocycles. The maximum atomic E-state index is 16.0. The van der Waals surface area contributed by atoms with Gasteiger partial charge in [0.2, 0.25) is 0 Å². The van der Waals surface area contributed by atoms with Crippen molar-refractivity contribution in [3.8, 4) is 11.1 Å². The lowest BCUT2D eigenvalue weighted by atomic mass is 9.67. The fraction of sp³-hybridized carbons (Fsp3) is 0.165. The predicted octanol–water partition coefficient (Wildman–Crippen LogP) is 23.0. The van der Waals surface area contributed by atoms with E-state index in [2.05, 4.69) is 291 Å². The van der Waals surface area contributed by atoms with Gasteiger partial charge in [-0.15, -0.1) is 0 Å². The monoisotopic (exact) mass is 1130 g/mol. The summed E-state index contributed by atoms with van der Waals surface area (Å²) < 4.78 is 30.9. The van der Waals surface area contributed by atoms with Crippen LogP contribution in [0.25, 0.3) is 55.0 Å². The van der Waals surface area contributed by atoms with Gasteiger partial charge in [-0.05, 0) is 164 Å². The minimum absolute atomic E-state index is 0.0411. The summed E-state index contributed by atoms with van der Waals surface area (Å²) in [4.78, 5) is 7.01. The molecule has 11 aromatic carbocycles. The van der Waals surface area contributed by atoms with Gasteiger partial charge in [-0.3, -0.25) is 0 Å². The Bertz CT molecular complexity index is 4640. The van der Waals surface area contributed by atoms with Gasteiger partial charge in [0.25, 0.3) is 0 Å². The van der Waals surface area contributed by atoms with Gasteiger partial charge in [-0.25, -0.2) is 4.39 Å². The normalized spacial score (nSPS) is 14.3. The fourth-order valence-corrected chi connectivity index (χ4v) is 13.8. The van der Waals surface area contributed by atoms with Gasteiger partial charge in [0.1, 0.15) is 22.6 Å². The van der Waals surface area contributed by atoms with Crippen molar-refractivity contribution < 1.29 is 13.2 Å². The molecule has 1 unspecified atom stereocenters. The number of rotatable bonds is 10. The van der Waals surface area contributed by atoms with Gasteiger partial charge >= 0.3 is 0 Å². The molecule has 0 radical (unpaired) electrons. The molecular formula is C79H67FN2O2S. The van der Waals surface area contributed by atoms with E-state index < -0.39 is 5.41 Å². The minimum Gasteiger partial charge on any atom is -0.455 e. The Morgan fingerprint density at radius 2 is 0.741 bits per heavy atom. The van der Waals surface area contributed by atoms with Crippen LogP contribution < -0.4 is 9.80 Å². The van der Waals surface area contributed by atoms with Crippen LogP contribution >= 0.6 is 11.8 Å². The summed E-state index contributed by atoms with van der Waals surface area (Å²) in [6.45, 7) is 20.3. The van der Waals surface area contributed by atoms with Gasteiger partial charge < -0.3 is 18.6 Å². The molecule has 4 nitrogen and oxygen atoms in total. The third-order valence-electron chi connectivity index (χ3n) is 17.3. The molecule has 418 valence electrons. The molecule has 2 heterocycles. The predicted molar refractivity (Wildman–Crippen MR) is 354 cm³/mol. The van der Waals surface area contributed by atoms with Gasteiger partial charge in [0, 0.05) is 59.8 Å². The largest absolute Gasteiger partial charge is 0.455 e. The molecular weight excluding hydrogens is 1060 g/mol. The minimum atomic E-state index is -1.10. The molecule has 0 saturated heterocycles. The second-order valence-electron chi connectivity index (χ2n) is 25.8. The number of nitrogens with zero attached hydrogens (tertiary/aromatic N) is 2. The van der Waals surface area contributed by atoms with Crippen LogP contribution in [0.15, 0.2) is 261 Å². The van der Waals surface area contributed by atoms with Crippen molar-refractivity contribution in [1.29, 1.82) is 0 Å². The van der Waals surface area contributed by atoms with Gasteiger partial charge in [0.05, 0.1) is 22.2 Å². The molecule has 0 fully saturated rings. The lowest BCUT2D eigenvalue weighted by molar-refractivity contribution is 0.589. The van der Waals surface area contributed by atoms with Crippen LogP contribution in [0, 0.1) is 5.82 Å². The van der Waals surface area contributed by atoms with Crippen LogP contribution in [0.3, 0.4) is 0 Å². The number of fused-ring (bicyclic) bond motifs is 11. The molecule has 13 aromatic rings. The van der Waals surface area contributed by atoms with E-state index in [1.165, 1.54) is 16.7 Å². The Morgan fingerprint density at radius 3 is 1.24 bits per heavy atom. The third kappa shape index (κ3) is 9.12. The van der Waals surface area contributed by atoms with E-state index in [0.717, 1.165) is 121 Å². The third-order valence-corrected chi connectivity index (χ3v) is 18.3. The van der Waals surface area contributed by atoms with Gasteiger partial charge in [-0.2, -0.15) is 0 Å². The van der Waals surface area contributed by atoms with Crippen LogP contribution in [0.1, 0.15) is 101 Å². The molecule has 0 N–H and O–H groups in total. The zero-order chi connectivity index (χ0) is 58.6. The van der Waals surface area contributed by atoms with E-state index >= 15 is 4.39 Å². The summed E-state index contributed by atoms with van der Waals surface area (Å²) in [6.07, 6.45) is 0. The molecule has 0 bridgehead atoms. The second kappa shape index (κ2) is 20.3. The topological polar surface area (TPSA) is 32.8 Å². The van der Waals surface area contributed by atoms with Crippen molar-refractivity contribution in [2.45, 2.75) is 93.8 Å². The smallest absolute Gasteiger partial charge is 0.160 e. The number of hydrogen-bond donors (Lipinski definition) is 0. The van der Waals surface area contributed by atoms with Crippen molar-refractivity contribution in [3.05, 3.63) is 287 Å². The maximum absolute atomic E-state index is 16.0. The van der Waals surface area contributed by atoms with E-state index in [1.54, 1.807) is 23.9 Å². The van der Waals surface area contributed by atoms with Crippen LogP contribution in [-0.4, -0.2) is 0 Å². The Labute approximate surface area is 502 Å². The number of hydrogen-bond acceptors (Lipinski definition) is 5. The SMILES string of the molecule is CC(C)(C)c1ccc(Sc2ccc(C3(c4ccc(F)cc4)c4cc(N(c5ccccc5)c5ccc(C(C)(C)C)cc5)c5c(oc6ccccc65)c4-c4c3cc(N(c3ccccc3)c3ccc(C(C)(C)C)cc3)c3oc5ccccc5c43)cc2)cc1. The first-order valence-electron chi connectivity index (χ1n) is 29.5. The molecule has 1 aliphatic rings. The number of para-hydroxylation sites is 4. The highest BCUT2D eigenvalue weighted by atomic mass is 32.2. The highest BCUT2D eigenvalue weighted by Gasteiger charge is 2.51. The Hall–Kier alpha value is -9.10. The van der Waals surface area contributed by atoms with Crippen molar-refractivity contribution in [1.82, 2.24) is 0 Å². The van der Waals surface area contributed by atoms with E-state index in [4.69, 9.17) is 8.83 Å². The summed E-state index contributed by atoms with van der Waals surface area (Å²) in [5, 5.41) is 3.94. The molecule has 1 aliphatic carbocycles. The molecule has 6 heteroatoms. The number of furan rings is 2. The molecule has 1 atom stereocenters. The van der Waals surface area contributed by atoms with E-state index in [9.17, 15) is 0 Å². The molecule has 0 spiro atoms. The Balaban J connectivity index is 1.15. The Kier molecular flexibility index (Phi) is 12.9. The Morgan fingerprint density at radius 1 is 0.365 bits per heavy atom. The number of benzene rings is 11. The molecule has 2 aromatic heterocycles. The summed E-state index contributed by atoms with van der Waals surface area (Å²) in [6, 6.07) is 86.2. The zero-order valence-corrected chi connectivity index (χ0v) is 50.4. The summed E-state index contributed by atoms with van der Waals surface area (Å²) in [5.74, 6) is -0.310. The van der Waals surface area contributed by atoms with Crippen molar-refractivity contribution in [2.24, 2.45) is 0 Å². The number of halogens is 1. The van der Waals surface area contributed by atoms with Crippen LogP contribution in [0.4, 0.5) is 38.5 Å². The first-order chi connectivity index (χ1) is 40.9. The molecule has 85 heavy (non-hydrogen) atoms. The van der Waals surface area contributed by atoms with Crippen LogP contribution in [-0.2, 0) is 21.7 Å². The first-order valence-corrected chi connectivity index (χ1v) is 30.3. The standard InChI is InChI=1S/C79H67FN2O2S/c1-76(2,3)50-30-40-58(41-31-50)81(56-20-12-10-13-21-56)66-48-65-73(75-70(66)62-24-16-18-26-68(62)84-75)72-64(79(65,53-28-38-55(80)39-29-53)54-36-46-61(47-37-54)85-60-44-34-52(35-45-60)78(7,8)9)49-67(74-71(72)63-25-17-19-27-69(63)83-74)82(57-22-14-11-15-23-57)59-42-32-51(33-43-59)77(4,5)6/h10-49H,1-9H3. The van der Waals surface area contributed by atoms with Crippen molar-refractivity contribution >= 4 is 89.8 Å². The summed E-state index contributed by atoms with van der Waals surface area (Å²) in [7, 11) is 0. The summed E-state index contributed by atoms with van der Waals surface area (Å²) >= 11 is 1.75. The summed E-state index contributed by atoms with van der Waals surface area (Å²) in [5.41, 5.74) is 17.4. The molecule has 14 rings (SSSR count). The van der Waals surface area contributed by atoms with Gasteiger partial charge in [-0.1, -0.05) is 208 Å². The van der Waals surface area contributed by atoms with E-state index in [1.807, 2.05) is 12.1 Å².